The second-order valence-electron chi connectivity index (χ2n) is 7.02. The van der Waals surface area contributed by atoms with Gasteiger partial charge in [-0.2, -0.15) is 13.2 Å². The number of anilines is 1. The van der Waals surface area contributed by atoms with E-state index >= 15 is 0 Å². The number of carbonyl (C=O) groups excluding carboxylic acids is 3. The van der Waals surface area contributed by atoms with E-state index < -0.39 is 17.7 Å². The van der Waals surface area contributed by atoms with Gasteiger partial charge in [0.25, 0.3) is 5.91 Å². The second kappa shape index (κ2) is 8.56. The van der Waals surface area contributed by atoms with Crippen molar-refractivity contribution in [3.8, 4) is 0 Å². The number of alkyl halides is 3. The number of halogens is 3. The quantitative estimate of drug-likeness (QED) is 0.782. The van der Waals surface area contributed by atoms with Crippen LogP contribution in [0.1, 0.15) is 27.9 Å². The normalized spacial score (nSPS) is 16.5. The number of nitrogens with zero attached hydrogens (tertiary/aromatic N) is 1. The molecule has 1 aliphatic rings. The van der Waals surface area contributed by atoms with Crippen molar-refractivity contribution in [1.29, 1.82) is 0 Å². The standard InChI is InChI=1S/C21H20F3N3O3/c1-25-19(29)14-5-3-7-17(9-14)26-20(30)15-10-18(28)27(12-15)11-13-4-2-6-16(8-13)21(22,23)24/h2-9,15H,10-12H2,1H3,(H,25,29)(H,26,30)/t15-/m1/s1. The SMILES string of the molecule is CNC(=O)c1cccc(NC(=O)[C@@H]2CC(=O)N(Cc3cccc(C(F)(F)F)c3)C2)c1. The van der Waals surface area contributed by atoms with E-state index in [2.05, 4.69) is 10.6 Å². The minimum atomic E-state index is -4.46. The highest BCUT2D eigenvalue weighted by Gasteiger charge is 2.35. The van der Waals surface area contributed by atoms with Crippen LogP contribution < -0.4 is 10.6 Å². The van der Waals surface area contributed by atoms with Crippen molar-refractivity contribution in [3.63, 3.8) is 0 Å². The molecule has 1 heterocycles. The molecule has 3 rings (SSSR count). The number of hydrogen-bond donors (Lipinski definition) is 2. The lowest BCUT2D eigenvalue weighted by Gasteiger charge is -2.18. The van der Waals surface area contributed by atoms with Crippen LogP contribution in [-0.2, 0) is 22.3 Å². The van der Waals surface area contributed by atoms with Gasteiger partial charge in [-0.25, -0.2) is 0 Å². The smallest absolute Gasteiger partial charge is 0.355 e. The lowest BCUT2D eigenvalue weighted by molar-refractivity contribution is -0.137. The Morgan fingerprint density at radius 2 is 1.87 bits per heavy atom. The maximum atomic E-state index is 12.9. The molecule has 0 spiro atoms. The summed E-state index contributed by atoms with van der Waals surface area (Å²) in [6, 6.07) is 11.2. The maximum absolute atomic E-state index is 12.9. The zero-order valence-electron chi connectivity index (χ0n) is 16.1. The number of hydrogen-bond acceptors (Lipinski definition) is 3. The molecule has 6 nitrogen and oxygen atoms in total. The zero-order valence-corrected chi connectivity index (χ0v) is 16.1. The minimum absolute atomic E-state index is 0.00130. The van der Waals surface area contributed by atoms with E-state index in [-0.39, 0.29) is 37.2 Å². The van der Waals surface area contributed by atoms with E-state index in [0.29, 0.717) is 16.8 Å². The van der Waals surface area contributed by atoms with Crippen LogP contribution in [0.4, 0.5) is 18.9 Å². The first-order valence-corrected chi connectivity index (χ1v) is 9.24. The Bertz CT molecular complexity index is 975. The van der Waals surface area contributed by atoms with Crippen LogP contribution in [0, 0.1) is 5.92 Å². The predicted octanol–water partition coefficient (Wildman–Crippen LogP) is 3.05. The van der Waals surface area contributed by atoms with E-state index in [1.807, 2.05) is 0 Å². The Morgan fingerprint density at radius 3 is 2.57 bits per heavy atom. The molecule has 0 aliphatic carbocycles. The van der Waals surface area contributed by atoms with Crippen LogP contribution in [0.5, 0.6) is 0 Å². The first kappa shape index (κ1) is 21.4. The fourth-order valence-electron chi connectivity index (χ4n) is 3.29. The van der Waals surface area contributed by atoms with Crippen LogP contribution >= 0.6 is 0 Å². The molecule has 0 unspecified atom stereocenters. The number of likely N-dealkylation sites (tertiary alicyclic amines) is 1. The molecule has 0 radical (unpaired) electrons. The van der Waals surface area contributed by atoms with Crippen molar-refractivity contribution in [2.45, 2.75) is 19.1 Å². The average molecular weight is 419 g/mol. The summed E-state index contributed by atoms with van der Waals surface area (Å²) < 4.78 is 38.6. The highest BCUT2D eigenvalue weighted by molar-refractivity contribution is 5.99. The van der Waals surface area contributed by atoms with Gasteiger partial charge in [-0.05, 0) is 35.9 Å². The van der Waals surface area contributed by atoms with E-state index in [1.165, 1.54) is 30.1 Å². The molecule has 2 N–H and O–H groups in total. The van der Waals surface area contributed by atoms with Crippen molar-refractivity contribution >= 4 is 23.4 Å². The molecule has 0 bridgehead atoms. The lowest BCUT2D eigenvalue weighted by Crippen LogP contribution is -2.28. The zero-order chi connectivity index (χ0) is 21.9. The average Bonchev–Trinajstić information content (AvgIpc) is 3.07. The molecule has 3 amide bonds. The molecule has 1 fully saturated rings. The van der Waals surface area contributed by atoms with E-state index in [0.717, 1.165) is 12.1 Å². The highest BCUT2D eigenvalue weighted by Crippen LogP contribution is 2.30. The molecule has 158 valence electrons. The maximum Gasteiger partial charge on any atom is 0.416 e. The summed E-state index contributed by atoms with van der Waals surface area (Å²) in [6.07, 6.45) is -4.49. The van der Waals surface area contributed by atoms with Gasteiger partial charge >= 0.3 is 6.18 Å². The van der Waals surface area contributed by atoms with Gasteiger partial charge in [0.2, 0.25) is 11.8 Å². The Labute approximate surface area is 171 Å². The van der Waals surface area contributed by atoms with Crippen LogP contribution in [0.3, 0.4) is 0 Å². The molecule has 2 aromatic carbocycles. The monoisotopic (exact) mass is 419 g/mol. The summed E-state index contributed by atoms with van der Waals surface area (Å²) in [5, 5.41) is 5.18. The Balaban J connectivity index is 1.64. The number of carbonyl (C=O) groups is 3. The van der Waals surface area contributed by atoms with Gasteiger partial charge in [-0.3, -0.25) is 14.4 Å². The molecule has 0 saturated carbocycles. The fraction of sp³-hybridized carbons (Fsp3) is 0.286. The van der Waals surface area contributed by atoms with E-state index in [1.54, 1.807) is 18.2 Å². The van der Waals surface area contributed by atoms with Crippen LogP contribution in [-0.4, -0.2) is 36.2 Å². The summed E-state index contributed by atoms with van der Waals surface area (Å²) in [5.74, 6) is -1.61. The van der Waals surface area contributed by atoms with Gasteiger partial charge in [0.05, 0.1) is 11.5 Å². The number of nitrogens with one attached hydrogen (secondary N) is 2. The Morgan fingerprint density at radius 1 is 1.13 bits per heavy atom. The van der Waals surface area contributed by atoms with Crippen molar-refractivity contribution in [1.82, 2.24) is 10.2 Å². The third kappa shape index (κ3) is 4.97. The summed E-state index contributed by atoms with van der Waals surface area (Å²) in [4.78, 5) is 37.9. The van der Waals surface area contributed by atoms with Gasteiger partial charge in [0, 0.05) is 37.8 Å². The van der Waals surface area contributed by atoms with Crippen LogP contribution in [0.15, 0.2) is 48.5 Å². The van der Waals surface area contributed by atoms with E-state index in [9.17, 15) is 27.6 Å². The molecule has 0 aromatic heterocycles. The van der Waals surface area contributed by atoms with Gasteiger partial charge in [0.15, 0.2) is 0 Å². The molecule has 9 heteroatoms. The summed E-state index contributed by atoms with van der Waals surface area (Å²) in [5.41, 5.74) is 0.364. The third-order valence-corrected chi connectivity index (χ3v) is 4.83. The van der Waals surface area contributed by atoms with Crippen LogP contribution in [0.25, 0.3) is 0 Å². The molecule has 1 aliphatic heterocycles. The summed E-state index contributed by atoms with van der Waals surface area (Å²) >= 11 is 0. The first-order valence-electron chi connectivity index (χ1n) is 9.24. The minimum Gasteiger partial charge on any atom is -0.355 e. The van der Waals surface area contributed by atoms with Crippen LogP contribution in [0.2, 0.25) is 0 Å². The molecular weight excluding hydrogens is 399 g/mol. The number of benzene rings is 2. The number of amides is 3. The Kier molecular flexibility index (Phi) is 6.09. The molecule has 30 heavy (non-hydrogen) atoms. The summed E-state index contributed by atoms with van der Waals surface area (Å²) in [7, 11) is 1.50. The molecule has 1 atom stereocenters. The van der Waals surface area contributed by atoms with Gasteiger partial charge in [0.1, 0.15) is 0 Å². The van der Waals surface area contributed by atoms with E-state index in [4.69, 9.17) is 0 Å². The van der Waals surface area contributed by atoms with Crippen molar-refractivity contribution in [2.24, 2.45) is 5.92 Å². The van der Waals surface area contributed by atoms with Gasteiger partial charge in [-0.1, -0.05) is 18.2 Å². The number of rotatable bonds is 5. The largest absolute Gasteiger partial charge is 0.416 e. The van der Waals surface area contributed by atoms with Gasteiger partial charge in [-0.15, -0.1) is 0 Å². The van der Waals surface area contributed by atoms with Crippen molar-refractivity contribution < 1.29 is 27.6 Å². The second-order valence-corrected chi connectivity index (χ2v) is 7.02. The lowest BCUT2D eigenvalue weighted by atomic mass is 10.1. The Hall–Kier alpha value is -3.36. The fourth-order valence-corrected chi connectivity index (χ4v) is 3.29. The molecule has 1 saturated heterocycles. The van der Waals surface area contributed by atoms with Gasteiger partial charge < -0.3 is 15.5 Å². The van der Waals surface area contributed by atoms with Crippen molar-refractivity contribution in [2.75, 3.05) is 18.9 Å². The topological polar surface area (TPSA) is 78.5 Å². The first-order chi connectivity index (χ1) is 14.2. The molecular formula is C21H20F3N3O3. The third-order valence-electron chi connectivity index (χ3n) is 4.83. The molecule has 2 aromatic rings. The van der Waals surface area contributed by atoms with Crippen molar-refractivity contribution in [3.05, 3.63) is 65.2 Å². The predicted molar refractivity (Wildman–Crippen MR) is 103 cm³/mol. The highest BCUT2D eigenvalue weighted by atomic mass is 19.4. The summed E-state index contributed by atoms with van der Waals surface area (Å²) in [6.45, 7) is 0.106.